The molecule has 3 nitrogen and oxygen atoms in total. The molecular weight excluding hydrogens is 368 g/mol. The molecule has 0 saturated heterocycles. The van der Waals surface area contributed by atoms with E-state index in [0.29, 0.717) is 12.6 Å². The first-order valence-corrected chi connectivity index (χ1v) is 10.9. The van der Waals surface area contributed by atoms with Gasteiger partial charge in [0.15, 0.2) is 0 Å². The quantitative estimate of drug-likeness (QED) is 0.545. The highest BCUT2D eigenvalue weighted by atomic mass is 16.2. The number of rotatable bonds is 7. The molecule has 4 rings (SSSR count). The first kappa shape index (κ1) is 20.2. The second kappa shape index (κ2) is 9.62. The van der Waals surface area contributed by atoms with Crippen LogP contribution in [0.2, 0.25) is 0 Å². The Morgan fingerprint density at radius 3 is 2.13 bits per heavy atom. The Balaban J connectivity index is 1.73. The maximum absolute atomic E-state index is 13.6. The van der Waals surface area contributed by atoms with Crippen LogP contribution in [-0.4, -0.2) is 11.9 Å². The van der Waals surface area contributed by atoms with Gasteiger partial charge in [-0.3, -0.25) is 4.79 Å². The van der Waals surface area contributed by atoms with Gasteiger partial charge in [-0.1, -0.05) is 91.2 Å². The summed E-state index contributed by atoms with van der Waals surface area (Å²) < 4.78 is 0. The van der Waals surface area contributed by atoms with E-state index in [9.17, 15) is 4.79 Å². The maximum atomic E-state index is 13.6. The van der Waals surface area contributed by atoms with Crippen molar-refractivity contribution >= 4 is 11.6 Å². The Morgan fingerprint density at radius 2 is 1.50 bits per heavy atom. The minimum Gasteiger partial charge on any atom is -0.352 e. The van der Waals surface area contributed by atoms with Gasteiger partial charge >= 0.3 is 0 Å². The molecule has 3 heteroatoms. The third-order valence-electron chi connectivity index (χ3n) is 5.94. The molecule has 0 bridgehead atoms. The van der Waals surface area contributed by atoms with E-state index in [1.165, 1.54) is 24.0 Å². The van der Waals surface area contributed by atoms with E-state index in [-0.39, 0.29) is 11.9 Å². The molecule has 0 aromatic heterocycles. The van der Waals surface area contributed by atoms with Crippen LogP contribution in [0.3, 0.4) is 0 Å². The molecule has 1 amide bonds. The van der Waals surface area contributed by atoms with Gasteiger partial charge in [-0.25, -0.2) is 0 Å². The van der Waals surface area contributed by atoms with Gasteiger partial charge < -0.3 is 10.2 Å². The van der Waals surface area contributed by atoms with Gasteiger partial charge in [-0.05, 0) is 43.0 Å². The lowest BCUT2D eigenvalue weighted by molar-refractivity contribution is -0.123. The Hall–Kier alpha value is -3.07. The topological polar surface area (TPSA) is 32.3 Å². The average molecular weight is 399 g/mol. The fourth-order valence-electron chi connectivity index (χ4n) is 4.30. The molecular formula is C27H30N2O. The number of carbonyl (C=O) groups is 1. The van der Waals surface area contributed by atoms with Crippen LogP contribution in [0.5, 0.6) is 0 Å². The lowest BCUT2D eigenvalue weighted by Crippen LogP contribution is -2.43. The molecule has 1 atom stereocenters. The molecule has 154 valence electrons. The van der Waals surface area contributed by atoms with Crippen molar-refractivity contribution in [1.29, 1.82) is 0 Å². The second-order valence-electron chi connectivity index (χ2n) is 8.25. The van der Waals surface area contributed by atoms with E-state index in [1.807, 2.05) is 24.3 Å². The van der Waals surface area contributed by atoms with Crippen LogP contribution in [0.4, 0.5) is 5.69 Å². The number of carbonyl (C=O) groups excluding carboxylic acids is 1. The molecule has 1 unspecified atom stereocenters. The van der Waals surface area contributed by atoms with E-state index < -0.39 is 0 Å². The van der Waals surface area contributed by atoms with Crippen molar-refractivity contribution in [3.63, 3.8) is 0 Å². The van der Waals surface area contributed by atoms with Crippen LogP contribution in [0.25, 0.3) is 0 Å². The third kappa shape index (κ3) is 4.91. The molecule has 1 fully saturated rings. The predicted octanol–water partition coefficient (Wildman–Crippen LogP) is 5.80. The molecule has 0 spiro atoms. The van der Waals surface area contributed by atoms with E-state index >= 15 is 0 Å². The summed E-state index contributed by atoms with van der Waals surface area (Å²) in [5, 5.41) is 3.35. The molecule has 0 radical (unpaired) electrons. The fourth-order valence-corrected chi connectivity index (χ4v) is 4.30. The van der Waals surface area contributed by atoms with Gasteiger partial charge in [-0.2, -0.15) is 0 Å². The second-order valence-corrected chi connectivity index (χ2v) is 8.25. The normalized spacial score (nSPS) is 15.0. The summed E-state index contributed by atoms with van der Waals surface area (Å²) in [6.45, 7) is 2.75. The summed E-state index contributed by atoms with van der Waals surface area (Å²) in [6, 6.07) is 28.9. The third-order valence-corrected chi connectivity index (χ3v) is 5.94. The number of hydrogen-bond donors (Lipinski definition) is 1. The fraction of sp³-hybridized carbons (Fsp3) is 0.296. The Labute approximate surface area is 179 Å². The first-order chi connectivity index (χ1) is 14.7. The SMILES string of the molecule is Cc1ccc(C(C(=O)NC2CCCC2)N(Cc2ccccc2)c2ccccc2)cc1. The van der Waals surface area contributed by atoms with Crippen LogP contribution in [0, 0.1) is 6.92 Å². The van der Waals surface area contributed by atoms with Crippen molar-refractivity contribution in [1.82, 2.24) is 5.32 Å². The Kier molecular flexibility index (Phi) is 6.48. The molecule has 3 aromatic rings. The summed E-state index contributed by atoms with van der Waals surface area (Å²) in [4.78, 5) is 15.9. The Morgan fingerprint density at radius 1 is 0.900 bits per heavy atom. The van der Waals surface area contributed by atoms with Crippen molar-refractivity contribution in [2.24, 2.45) is 0 Å². The first-order valence-electron chi connectivity index (χ1n) is 10.9. The lowest BCUT2D eigenvalue weighted by atomic mass is 10.0. The Bertz CT molecular complexity index is 932. The number of hydrogen-bond acceptors (Lipinski definition) is 2. The lowest BCUT2D eigenvalue weighted by Gasteiger charge is -2.34. The van der Waals surface area contributed by atoms with E-state index in [1.54, 1.807) is 0 Å². The molecule has 1 aliphatic rings. The largest absolute Gasteiger partial charge is 0.352 e. The molecule has 3 aromatic carbocycles. The maximum Gasteiger partial charge on any atom is 0.247 e. The molecule has 0 heterocycles. The number of para-hydroxylation sites is 1. The van der Waals surface area contributed by atoms with Crippen LogP contribution in [0.15, 0.2) is 84.9 Å². The van der Waals surface area contributed by atoms with Crippen LogP contribution in [0.1, 0.15) is 48.4 Å². The number of benzene rings is 3. The summed E-state index contributed by atoms with van der Waals surface area (Å²) in [6.07, 6.45) is 4.56. The smallest absolute Gasteiger partial charge is 0.247 e. The number of anilines is 1. The van der Waals surface area contributed by atoms with Crippen molar-refractivity contribution in [2.75, 3.05) is 4.90 Å². The molecule has 0 aliphatic heterocycles. The monoisotopic (exact) mass is 398 g/mol. The van der Waals surface area contributed by atoms with Crippen LogP contribution >= 0.6 is 0 Å². The highest BCUT2D eigenvalue weighted by molar-refractivity contribution is 5.87. The van der Waals surface area contributed by atoms with E-state index in [0.717, 1.165) is 24.1 Å². The van der Waals surface area contributed by atoms with Gasteiger partial charge in [0.1, 0.15) is 6.04 Å². The zero-order valence-corrected chi connectivity index (χ0v) is 17.6. The molecule has 30 heavy (non-hydrogen) atoms. The number of aryl methyl sites for hydroxylation is 1. The molecule has 1 saturated carbocycles. The molecule has 1 N–H and O–H groups in total. The predicted molar refractivity (Wildman–Crippen MR) is 123 cm³/mol. The summed E-state index contributed by atoms with van der Waals surface area (Å²) in [7, 11) is 0. The van der Waals surface area contributed by atoms with Gasteiger partial charge in [-0.15, -0.1) is 0 Å². The molecule has 1 aliphatic carbocycles. The number of amides is 1. The minimum absolute atomic E-state index is 0.0885. The van der Waals surface area contributed by atoms with Crippen molar-refractivity contribution in [3.05, 3.63) is 102 Å². The zero-order valence-electron chi connectivity index (χ0n) is 17.6. The highest BCUT2D eigenvalue weighted by Gasteiger charge is 2.30. The van der Waals surface area contributed by atoms with Gasteiger partial charge in [0.25, 0.3) is 0 Å². The van der Waals surface area contributed by atoms with Gasteiger partial charge in [0.05, 0.1) is 0 Å². The summed E-state index contributed by atoms with van der Waals surface area (Å²) in [5.41, 5.74) is 4.46. The summed E-state index contributed by atoms with van der Waals surface area (Å²) in [5.74, 6) is 0.0885. The van der Waals surface area contributed by atoms with Crippen molar-refractivity contribution in [2.45, 2.75) is 51.2 Å². The standard InChI is InChI=1S/C27H30N2O/c1-21-16-18-23(19-17-21)26(27(30)28-24-12-8-9-13-24)29(25-14-6-3-7-15-25)20-22-10-4-2-5-11-22/h2-7,10-11,14-19,24,26H,8-9,12-13,20H2,1H3,(H,28,30). The van der Waals surface area contributed by atoms with E-state index in [4.69, 9.17) is 0 Å². The van der Waals surface area contributed by atoms with Gasteiger partial charge in [0.2, 0.25) is 5.91 Å². The summed E-state index contributed by atoms with van der Waals surface area (Å²) >= 11 is 0. The van der Waals surface area contributed by atoms with Crippen molar-refractivity contribution < 1.29 is 4.79 Å². The van der Waals surface area contributed by atoms with Crippen molar-refractivity contribution in [3.8, 4) is 0 Å². The van der Waals surface area contributed by atoms with Gasteiger partial charge in [0, 0.05) is 18.3 Å². The average Bonchev–Trinajstić information content (AvgIpc) is 3.29. The highest BCUT2D eigenvalue weighted by Crippen LogP contribution is 2.30. The minimum atomic E-state index is -0.381. The number of nitrogens with zero attached hydrogens (tertiary/aromatic N) is 1. The van der Waals surface area contributed by atoms with Crippen LogP contribution < -0.4 is 10.2 Å². The van der Waals surface area contributed by atoms with Crippen LogP contribution in [-0.2, 0) is 11.3 Å². The zero-order chi connectivity index (χ0) is 20.8. The van der Waals surface area contributed by atoms with E-state index in [2.05, 4.69) is 77.8 Å². The number of nitrogens with one attached hydrogen (secondary N) is 1.